The lowest BCUT2D eigenvalue weighted by Crippen LogP contribution is -2.23. The highest BCUT2D eigenvalue weighted by Gasteiger charge is 2.15. The van der Waals surface area contributed by atoms with Crippen LogP contribution in [0.4, 0.5) is 8.78 Å². The van der Waals surface area contributed by atoms with Crippen LogP contribution < -0.4 is 10.1 Å². The number of hydrogen-bond donors (Lipinski definition) is 2. The van der Waals surface area contributed by atoms with Gasteiger partial charge in [0.1, 0.15) is 5.75 Å². The fourth-order valence-electron chi connectivity index (χ4n) is 2.30. The molecule has 2 heterocycles. The highest BCUT2D eigenvalue weighted by Crippen LogP contribution is 2.20. The van der Waals surface area contributed by atoms with Gasteiger partial charge in [0.2, 0.25) is 0 Å². The number of benzene rings is 1. The standard InChI is InChI=1S/C17H14F2N4O2/c18-17(19)25-13-5-1-3-11(7-13)8-21-16(24)14-10-22-23-15(14)12-4-2-6-20-9-12/h1-7,9-10,17H,8H2,(H,21,24)(H,22,23). The molecule has 0 saturated carbocycles. The van der Waals surface area contributed by atoms with E-state index in [1.54, 1.807) is 30.6 Å². The van der Waals surface area contributed by atoms with Crippen LogP contribution in [-0.2, 0) is 6.54 Å². The van der Waals surface area contributed by atoms with Gasteiger partial charge in [0.05, 0.1) is 17.5 Å². The molecule has 25 heavy (non-hydrogen) atoms. The van der Waals surface area contributed by atoms with Gasteiger partial charge < -0.3 is 10.1 Å². The van der Waals surface area contributed by atoms with Gasteiger partial charge in [0.15, 0.2) is 0 Å². The number of aromatic amines is 1. The van der Waals surface area contributed by atoms with E-state index >= 15 is 0 Å². The first-order chi connectivity index (χ1) is 12.1. The van der Waals surface area contributed by atoms with Crippen LogP contribution >= 0.6 is 0 Å². The molecule has 8 heteroatoms. The quantitative estimate of drug-likeness (QED) is 0.720. The molecule has 1 aromatic carbocycles. The van der Waals surface area contributed by atoms with E-state index in [1.165, 1.54) is 18.3 Å². The van der Waals surface area contributed by atoms with E-state index in [4.69, 9.17) is 0 Å². The molecule has 0 aliphatic rings. The summed E-state index contributed by atoms with van der Waals surface area (Å²) in [7, 11) is 0. The largest absolute Gasteiger partial charge is 0.435 e. The molecule has 3 aromatic rings. The van der Waals surface area contributed by atoms with Gasteiger partial charge in [0.25, 0.3) is 5.91 Å². The monoisotopic (exact) mass is 344 g/mol. The predicted molar refractivity (Wildman–Crippen MR) is 86.1 cm³/mol. The van der Waals surface area contributed by atoms with Crippen molar-refractivity contribution < 1.29 is 18.3 Å². The van der Waals surface area contributed by atoms with Crippen molar-refractivity contribution in [3.63, 3.8) is 0 Å². The van der Waals surface area contributed by atoms with E-state index in [9.17, 15) is 13.6 Å². The average molecular weight is 344 g/mol. The number of alkyl halides is 2. The Morgan fingerprint density at radius 2 is 2.12 bits per heavy atom. The van der Waals surface area contributed by atoms with Crippen molar-refractivity contribution >= 4 is 5.91 Å². The number of nitrogens with one attached hydrogen (secondary N) is 2. The molecule has 3 rings (SSSR count). The van der Waals surface area contributed by atoms with Crippen LogP contribution in [0.1, 0.15) is 15.9 Å². The molecule has 0 spiro atoms. The molecule has 2 aromatic heterocycles. The van der Waals surface area contributed by atoms with Gasteiger partial charge in [-0.2, -0.15) is 13.9 Å². The van der Waals surface area contributed by atoms with Crippen LogP contribution in [0, 0.1) is 0 Å². The van der Waals surface area contributed by atoms with Gasteiger partial charge in [-0.05, 0) is 29.8 Å². The van der Waals surface area contributed by atoms with E-state index in [1.807, 2.05) is 6.07 Å². The molecule has 0 aliphatic heterocycles. The minimum absolute atomic E-state index is 0.0427. The van der Waals surface area contributed by atoms with E-state index in [2.05, 4.69) is 25.2 Å². The van der Waals surface area contributed by atoms with Gasteiger partial charge in [-0.25, -0.2) is 0 Å². The lowest BCUT2D eigenvalue weighted by Gasteiger charge is -2.08. The molecule has 0 atom stereocenters. The Labute approximate surface area is 141 Å². The summed E-state index contributed by atoms with van der Waals surface area (Å²) in [4.78, 5) is 16.4. The summed E-state index contributed by atoms with van der Waals surface area (Å²) < 4.78 is 28.8. The fourth-order valence-corrected chi connectivity index (χ4v) is 2.30. The van der Waals surface area contributed by atoms with Gasteiger partial charge >= 0.3 is 6.61 Å². The molecule has 128 valence electrons. The normalized spacial score (nSPS) is 10.7. The smallest absolute Gasteiger partial charge is 0.387 e. The van der Waals surface area contributed by atoms with E-state index in [-0.39, 0.29) is 18.2 Å². The molecule has 0 fully saturated rings. The molecule has 0 unspecified atom stereocenters. The molecular weight excluding hydrogens is 330 g/mol. The summed E-state index contributed by atoms with van der Waals surface area (Å²) in [6, 6.07) is 9.72. The van der Waals surface area contributed by atoms with Crippen molar-refractivity contribution in [3.05, 3.63) is 66.1 Å². The minimum Gasteiger partial charge on any atom is -0.435 e. The summed E-state index contributed by atoms with van der Waals surface area (Å²) >= 11 is 0. The number of rotatable bonds is 6. The number of carbonyl (C=O) groups is 1. The third-order valence-corrected chi connectivity index (χ3v) is 3.41. The zero-order valence-electron chi connectivity index (χ0n) is 12.9. The first kappa shape index (κ1) is 16.6. The predicted octanol–water partition coefficient (Wildman–Crippen LogP) is 3.00. The maximum Gasteiger partial charge on any atom is 0.387 e. The number of pyridine rings is 1. The minimum atomic E-state index is -2.89. The van der Waals surface area contributed by atoms with E-state index < -0.39 is 6.61 Å². The number of H-pyrrole nitrogens is 1. The number of hydrogen-bond acceptors (Lipinski definition) is 4. The van der Waals surface area contributed by atoms with Crippen LogP contribution in [0.3, 0.4) is 0 Å². The molecular formula is C17H14F2N4O2. The lowest BCUT2D eigenvalue weighted by atomic mass is 10.1. The van der Waals surface area contributed by atoms with Crippen molar-refractivity contribution in [2.45, 2.75) is 13.2 Å². The Hall–Kier alpha value is -3.29. The summed E-state index contributed by atoms with van der Waals surface area (Å²) in [6.45, 7) is -2.73. The summed E-state index contributed by atoms with van der Waals surface area (Å²) in [5.74, 6) is -0.297. The Bertz CT molecular complexity index is 853. The van der Waals surface area contributed by atoms with Crippen molar-refractivity contribution in [2.24, 2.45) is 0 Å². The van der Waals surface area contributed by atoms with Crippen LogP contribution in [0.25, 0.3) is 11.3 Å². The zero-order valence-corrected chi connectivity index (χ0v) is 12.9. The van der Waals surface area contributed by atoms with Crippen molar-refractivity contribution in [1.29, 1.82) is 0 Å². The first-order valence-electron chi connectivity index (χ1n) is 7.39. The Morgan fingerprint density at radius 1 is 1.24 bits per heavy atom. The molecule has 0 bridgehead atoms. The summed E-state index contributed by atoms with van der Waals surface area (Å²) in [5.41, 5.74) is 2.30. The van der Waals surface area contributed by atoms with E-state index in [0.717, 1.165) is 5.56 Å². The molecule has 2 N–H and O–H groups in total. The van der Waals surface area contributed by atoms with Crippen molar-refractivity contribution in [1.82, 2.24) is 20.5 Å². The third kappa shape index (κ3) is 4.17. The average Bonchev–Trinajstić information content (AvgIpc) is 3.10. The molecule has 0 saturated heterocycles. The number of halogens is 2. The topological polar surface area (TPSA) is 79.9 Å². The molecule has 6 nitrogen and oxygen atoms in total. The number of amides is 1. The van der Waals surface area contributed by atoms with Gasteiger partial charge in [-0.15, -0.1) is 0 Å². The SMILES string of the molecule is O=C(NCc1cccc(OC(F)F)c1)c1cn[nH]c1-c1cccnc1. The van der Waals surface area contributed by atoms with Crippen LogP contribution in [0.5, 0.6) is 5.75 Å². The van der Waals surface area contributed by atoms with Gasteiger partial charge in [0, 0.05) is 24.5 Å². The Balaban J connectivity index is 1.69. The first-order valence-corrected chi connectivity index (χ1v) is 7.39. The number of aromatic nitrogens is 3. The van der Waals surface area contributed by atoms with Crippen LogP contribution in [0.15, 0.2) is 55.0 Å². The van der Waals surface area contributed by atoms with Gasteiger partial charge in [-0.3, -0.25) is 14.9 Å². The highest BCUT2D eigenvalue weighted by atomic mass is 19.3. The maximum atomic E-state index is 12.4. The number of nitrogens with zero attached hydrogens (tertiary/aromatic N) is 2. The summed E-state index contributed by atoms with van der Waals surface area (Å²) in [5, 5.41) is 9.41. The van der Waals surface area contributed by atoms with Crippen LogP contribution in [0.2, 0.25) is 0 Å². The Morgan fingerprint density at radius 3 is 2.88 bits per heavy atom. The lowest BCUT2D eigenvalue weighted by molar-refractivity contribution is -0.0498. The van der Waals surface area contributed by atoms with Gasteiger partial charge in [-0.1, -0.05) is 12.1 Å². The number of ether oxygens (including phenoxy) is 1. The van der Waals surface area contributed by atoms with Crippen molar-refractivity contribution in [3.8, 4) is 17.0 Å². The third-order valence-electron chi connectivity index (χ3n) is 3.41. The second-order valence-electron chi connectivity index (χ2n) is 5.11. The maximum absolute atomic E-state index is 12.4. The summed E-state index contributed by atoms with van der Waals surface area (Å²) in [6.07, 6.45) is 4.68. The fraction of sp³-hybridized carbons (Fsp3) is 0.118. The Kier molecular flexibility index (Phi) is 4.98. The number of carbonyl (C=O) groups excluding carboxylic acids is 1. The highest BCUT2D eigenvalue weighted by molar-refractivity contribution is 5.99. The second kappa shape index (κ2) is 7.52. The molecule has 0 radical (unpaired) electrons. The molecule has 0 aliphatic carbocycles. The molecule has 1 amide bonds. The van der Waals surface area contributed by atoms with Crippen molar-refractivity contribution in [2.75, 3.05) is 0 Å². The second-order valence-corrected chi connectivity index (χ2v) is 5.11. The zero-order chi connectivity index (χ0) is 17.6. The van der Waals surface area contributed by atoms with E-state index in [0.29, 0.717) is 16.8 Å². The van der Waals surface area contributed by atoms with Crippen LogP contribution in [-0.4, -0.2) is 27.7 Å².